The second-order valence-corrected chi connectivity index (χ2v) is 5.57. The molecule has 0 aromatic carbocycles. The van der Waals surface area contributed by atoms with Gasteiger partial charge in [-0.2, -0.15) is 0 Å². The third-order valence-electron chi connectivity index (χ3n) is 3.39. The SMILES string of the molecule is CC(C)C(=O)N(CC1CC1)[C@H](C)C(C)C. The van der Waals surface area contributed by atoms with E-state index < -0.39 is 0 Å². The molecule has 0 radical (unpaired) electrons. The Morgan fingerprint density at radius 3 is 2.07 bits per heavy atom. The molecule has 0 aliphatic heterocycles. The van der Waals surface area contributed by atoms with E-state index in [0.29, 0.717) is 17.9 Å². The summed E-state index contributed by atoms with van der Waals surface area (Å²) in [4.78, 5) is 14.2. The van der Waals surface area contributed by atoms with Crippen LogP contribution in [0, 0.1) is 17.8 Å². The molecule has 0 bridgehead atoms. The molecule has 1 amide bonds. The molecule has 0 N–H and O–H groups in total. The normalized spacial score (nSPS) is 18.3. The smallest absolute Gasteiger partial charge is 0.225 e. The maximum absolute atomic E-state index is 12.1. The van der Waals surface area contributed by atoms with Crippen LogP contribution in [0.3, 0.4) is 0 Å². The summed E-state index contributed by atoms with van der Waals surface area (Å²) in [5.74, 6) is 1.79. The maximum atomic E-state index is 12.1. The maximum Gasteiger partial charge on any atom is 0.225 e. The minimum absolute atomic E-state index is 0.130. The minimum atomic E-state index is 0.130. The van der Waals surface area contributed by atoms with Crippen LogP contribution in [0.4, 0.5) is 0 Å². The van der Waals surface area contributed by atoms with Gasteiger partial charge in [0, 0.05) is 18.5 Å². The first-order valence-corrected chi connectivity index (χ1v) is 6.24. The first-order chi connectivity index (χ1) is 6.93. The minimum Gasteiger partial charge on any atom is -0.339 e. The molecule has 2 heteroatoms. The van der Waals surface area contributed by atoms with E-state index in [1.165, 1.54) is 12.8 Å². The molecule has 0 spiro atoms. The fourth-order valence-corrected chi connectivity index (χ4v) is 1.73. The van der Waals surface area contributed by atoms with Gasteiger partial charge in [-0.1, -0.05) is 27.7 Å². The highest BCUT2D eigenvalue weighted by molar-refractivity contribution is 5.78. The van der Waals surface area contributed by atoms with Gasteiger partial charge in [-0.15, -0.1) is 0 Å². The summed E-state index contributed by atoms with van der Waals surface area (Å²) >= 11 is 0. The van der Waals surface area contributed by atoms with Gasteiger partial charge in [-0.05, 0) is 31.6 Å². The molecule has 1 rings (SSSR count). The van der Waals surface area contributed by atoms with Crippen LogP contribution in [0.1, 0.15) is 47.5 Å². The quantitative estimate of drug-likeness (QED) is 0.684. The van der Waals surface area contributed by atoms with Gasteiger partial charge in [0.05, 0.1) is 0 Å². The van der Waals surface area contributed by atoms with E-state index in [0.717, 1.165) is 12.5 Å². The lowest BCUT2D eigenvalue weighted by Gasteiger charge is -2.33. The van der Waals surface area contributed by atoms with Crippen LogP contribution >= 0.6 is 0 Å². The number of hydrogen-bond donors (Lipinski definition) is 0. The number of amides is 1. The van der Waals surface area contributed by atoms with Crippen molar-refractivity contribution in [3.05, 3.63) is 0 Å². The number of carbonyl (C=O) groups excluding carboxylic acids is 1. The predicted octanol–water partition coefficient (Wildman–Crippen LogP) is 2.93. The Morgan fingerprint density at radius 2 is 1.73 bits per heavy atom. The molecule has 0 heterocycles. The van der Waals surface area contributed by atoms with Crippen molar-refractivity contribution in [2.45, 2.75) is 53.5 Å². The van der Waals surface area contributed by atoms with E-state index in [1.54, 1.807) is 0 Å². The van der Waals surface area contributed by atoms with Crippen LogP contribution in [0.5, 0.6) is 0 Å². The number of hydrogen-bond acceptors (Lipinski definition) is 1. The fraction of sp³-hybridized carbons (Fsp3) is 0.923. The van der Waals surface area contributed by atoms with E-state index in [2.05, 4.69) is 25.7 Å². The number of rotatable bonds is 5. The zero-order valence-corrected chi connectivity index (χ0v) is 10.8. The summed E-state index contributed by atoms with van der Waals surface area (Å²) < 4.78 is 0. The predicted molar refractivity (Wildman–Crippen MR) is 63.6 cm³/mol. The van der Waals surface area contributed by atoms with Gasteiger partial charge in [0.25, 0.3) is 0 Å². The van der Waals surface area contributed by atoms with Crippen LogP contribution in [-0.2, 0) is 4.79 Å². The average molecular weight is 211 g/mol. The summed E-state index contributed by atoms with van der Waals surface area (Å²) in [6, 6.07) is 0.375. The first-order valence-electron chi connectivity index (χ1n) is 6.24. The van der Waals surface area contributed by atoms with Gasteiger partial charge in [0.1, 0.15) is 0 Å². The second kappa shape index (κ2) is 5.00. The highest BCUT2D eigenvalue weighted by Gasteiger charge is 2.31. The van der Waals surface area contributed by atoms with E-state index in [9.17, 15) is 4.79 Å². The molecule has 0 unspecified atom stereocenters. The van der Waals surface area contributed by atoms with Crippen molar-refractivity contribution in [1.82, 2.24) is 4.90 Å². The lowest BCUT2D eigenvalue weighted by atomic mass is 10.0. The molecular weight excluding hydrogens is 186 g/mol. The van der Waals surface area contributed by atoms with E-state index in [1.807, 2.05) is 13.8 Å². The lowest BCUT2D eigenvalue weighted by Crippen LogP contribution is -2.44. The summed E-state index contributed by atoms with van der Waals surface area (Å²) in [6.45, 7) is 11.5. The van der Waals surface area contributed by atoms with Crippen molar-refractivity contribution in [2.24, 2.45) is 17.8 Å². The molecule has 0 aromatic heterocycles. The molecule has 1 aliphatic rings. The van der Waals surface area contributed by atoms with Crippen molar-refractivity contribution in [1.29, 1.82) is 0 Å². The van der Waals surface area contributed by atoms with Gasteiger partial charge in [-0.25, -0.2) is 0 Å². The largest absolute Gasteiger partial charge is 0.339 e. The zero-order chi connectivity index (χ0) is 11.6. The molecule has 15 heavy (non-hydrogen) atoms. The Bertz CT molecular complexity index is 219. The van der Waals surface area contributed by atoms with Crippen LogP contribution in [0.2, 0.25) is 0 Å². The van der Waals surface area contributed by atoms with Gasteiger partial charge in [-0.3, -0.25) is 4.79 Å². The molecule has 2 nitrogen and oxygen atoms in total. The standard InChI is InChI=1S/C13H25NO/c1-9(2)11(5)14(8-12-6-7-12)13(15)10(3)4/h9-12H,6-8H2,1-5H3/t11-/m1/s1. The van der Waals surface area contributed by atoms with Crippen molar-refractivity contribution in [3.8, 4) is 0 Å². The summed E-state index contributed by atoms with van der Waals surface area (Å²) in [5, 5.41) is 0. The molecule has 1 fully saturated rings. The summed E-state index contributed by atoms with van der Waals surface area (Å²) in [5.41, 5.74) is 0. The zero-order valence-electron chi connectivity index (χ0n) is 10.8. The van der Waals surface area contributed by atoms with Gasteiger partial charge in [0.2, 0.25) is 5.91 Å². The van der Waals surface area contributed by atoms with Crippen molar-refractivity contribution < 1.29 is 4.79 Å². The first kappa shape index (κ1) is 12.5. The van der Waals surface area contributed by atoms with Crippen molar-refractivity contribution in [2.75, 3.05) is 6.54 Å². The molecule has 1 atom stereocenters. The van der Waals surface area contributed by atoms with Crippen LogP contribution in [-0.4, -0.2) is 23.4 Å². The van der Waals surface area contributed by atoms with E-state index >= 15 is 0 Å². The van der Waals surface area contributed by atoms with Crippen molar-refractivity contribution in [3.63, 3.8) is 0 Å². The molecule has 1 aliphatic carbocycles. The Labute approximate surface area is 94.0 Å². The average Bonchev–Trinajstić information content (AvgIpc) is 2.95. The fourth-order valence-electron chi connectivity index (χ4n) is 1.73. The molecule has 88 valence electrons. The topological polar surface area (TPSA) is 20.3 Å². The summed E-state index contributed by atoms with van der Waals surface area (Å²) in [6.07, 6.45) is 2.62. The molecule has 0 saturated heterocycles. The third kappa shape index (κ3) is 3.51. The van der Waals surface area contributed by atoms with Crippen LogP contribution in [0.25, 0.3) is 0 Å². The monoisotopic (exact) mass is 211 g/mol. The number of carbonyl (C=O) groups is 1. The van der Waals surface area contributed by atoms with Crippen LogP contribution < -0.4 is 0 Å². The van der Waals surface area contributed by atoms with Crippen LogP contribution in [0.15, 0.2) is 0 Å². The van der Waals surface area contributed by atoms with Gasteiger partial charge >= 0.3 is 0 Å². The Balaban J connectivity index is 2.62. The summed E-state index contributed by atoms with van der Waals surface area (Å²) in [7, 11) is 0. The highest BCUT2D eigenvalue weighted by atomic mass is 16.2. The van der Waals surface area contributed by atoms with Crippen molar-refractivity contribution >= 4 is 5.91 Å². The Hall–Kier alpha value is -0.530. The molecule has 0 aromatic rings. The van der Waals surface area contributed by atoms with E-state index in [4.69, 9.17) is 0 Å². The third-order valence-corrected chi connectivity index (χ3v) is 3.39. The van der Waals surface area contributed by atoms with Gasteiger partial charge < -0.3 is 4.90 Å². The Kier molecular flexibility index (Phi) is 4.18. The second-order valence-electron chi connectivity index (χ2n) is 5.57. The van der Waals surface area contributed by atoms with Gasteiger partial charge in [0.15, 0.2) is 0 Å². The molecular formula is C13H25NO. The number of nitrogens with zero attached hydrogens (tertiary/aromatic N) is 1. The molecule has 1 saturated carbocycles. The Morgan fingerprint density at radius 1 is 1.20 bits per heavy atom. The highest BCUT2D eigenvalue weighted by Crippen LogP contribution is 2.31. The lowest BCUT2D eigenvalue weighted by molar-refractivity contribution is -0.137. The van der Waals surface area contributed by atoms with E-state index in [-0.39, 0.29) is 5.92 Å².